The molecule has 0 aromatic heterocycles. The topological polar surface area (TPSA) is 105 Å². The zero-order chi connectivity index (χ0) is 21.9. The number of hydrogen-bond donors (Lipinski definition) is 2. The van der Waals surface area contributed by atoms with Crippen LogP contribution >= 0.6 is 0 Å². The Morgan fingerprint density at radius 1 is 1.13 bits per heavy atom. The van der Waals surface area contributed by atoms with Gasteiger partial charge in [-0.15, -0.1) is 0 Å². The van der Waals surface area contributed by atoms with Crippen molar-refractivity contribution >= 4 is 21.6 Å². The van der Waals surface area contributed by atoms with Crippen molar-refractivity contribution in [1.82, 2.24) is 4.31 Å². The maximum Gasteiger partial charge on any atom is 0.255 e. The number of aromatic hydroxyl groups is 1. The molecule has 2 aromatic rings. The average Bonchev–Trinajstić information content (AvgIpc) is 2.72. The lowest BCUT2D eigenvalue weighted by Gasteiger charge is -2.32. The lowest BCUT2D eigenvalue weighted by Crippen LogP contribution is -2.42. The molecule has 9 heteroatoms. The number of piperidine rings is 1. The van der Waals surface area contributed by atoms with E-state index in [-0.39, 0.29) is 28.0 Å². The van der Waals surface area contributed by atoms with Gasteiger partial charge in [-0.05, 0) is 38.0 Å². The summed E-state index contributed by atoms with van der Waals surface area (Å²) in [5.74, 6) is -0.0269. The summed E-state index contributed by atoms with van der Waals surface area (Å²) in [7, 11) is -0.989. The van der Waals surface area contributed by atoms with E-state index in [2.05, 4.69) is 5.32 Å². The van der Waals surface area contributed by atoms with Crippen LogP contribution in [-0.2, 0) is 10.0 Å². The number of methoxy groups -OCH3 is 2. The Morgan fingerprint density at radius 2 is 1.90 bits per heavy atom. The number of nitrogens with one attached hydrogen (secondary N) is 1. The molecule has 2 aromatic carbocycles. The molecular formula is C21H26N2O6S. The van der Waals surface area contributed by atoms with E-state index in [4.69, 9.17) is 9.47 Å². The summed E-state index contributed by atoms with van der Waals surface area (Å²) in [6.07, 6.45) is 2.58. The van der Waals surface area contributed by atoms with E-state index in [9.17, 15) is 18.3 Å². The number of phenols is 1. The number of carbonyl (C=O) groups is 1. The maximum absolute atomic E-state index is 13.3. The fraction of sp³-hybridized carbons (Fsp3) is 0.381. The highest BCUT2D eigenvalue weighted by Gasteiger charge is 2.33. The molecule has 1 heterocycles. The molecule has 30 heavy (non-hydrogen) atoms. The highest BCUT2D eigenvalue weighted by molar-refractivity contribution is 7.89. The average molecular weight is 435 g/mol. The van der Waals surface area contributed by atoms with Crippen LogP contribution in [0.4, 0.5) is 5.69 Å². The van der Waals surface area contributed by atoms with Gasteiger partial charge in [0.1, 0.15) is 22.1 Å². The minimum absolute atomic E-state index is 0.0418. The Labute approximate surface area is 176 Å². The number of hydrogen-bond acceptors (Lipinski definition) is 6. The molecule has 1 fully saturated rings. The van der Waals surface area contributed by atoms with E-state index >= 15 is 0 Å². The van der Waals surface area contributed by atoms with Gasteiger partial charge in [-0.25, -0.2) is 8.42 Å². The van der Waals surface area contributed by atoms with Crippen molar-refractivity contribution in [1.29, 1.82) is 0 Å². The fourth-order valence-corrected chi connectivity index (χ4v) is 5.43. The predicted molar refractivity (Wildman–Crippen MR) is 113 cm³/mol. The summed E-state index contributed by atoms with van der Waals surface area (Å²) < 4.78 is 38.4. The third kappa shape index (κ3) is 4.52. The number of rotatable bonds is 6. The van der Waals surface area contributed by atoms with Crippen molar-refractivity contribution in [2.75, 3.05) is 26.1 Å². The molecule has 8 nitrogen and oxygen atoms in total. The number of phenolic OH excluding ortho intramolecular Hbond substituents is 1. The number of anilines is 1. The Kier molecular flexibility index (Phi) is 6.52. The van der Waals surface area contributed by atoms with E-state index in [1.54, 1.807) is 6.07 Å². The quantitative estimate of drug-likeness (QED) is 0.723. The van der Waals surface area contributed by atoms with Crippen molar-refractivity contribution in [3.05, 3.63) is 42.0 Å². The molecule has 1 saturated heterocycles. The van der Waals surface area contributed by atoms with Crippen LogP contribution in [0.15, 0.2) is 41.3 Å². The molecule has 3 rings (SSSR count). The molecule has 1 aliphatic rings. The van der Waals surface area contributed by atoms with E-state index in [0.717, 1.165) is 19.3 Å². The van der Waals surface area contributed by atoms with Crippen LogP contribution in [0.2, 0.25) is 0 Å². The zero-order valence-corrected chi connectivity index (χ0v) is 18.0. The Morgan fingerprint density at radius 3 is 2.57 bits per heavy atom. The number of nitrogens with zero attached hydrogens (tertiary/aromatic N) is 1. The minimum Gasteiger partial charge on any atom is -0.508 e. The SMILES string of the molecule is COc1cc(O)cc(NC(=O)c2ccc(OC)c(S(=O)(=O)N3CCCC[C@H]3C)c2)c1. The Bertz CT molecular complexity index is 1040. The summed E-state index contributed by atoms with van der Waals surface area (Å²) in [5.41, 5.74) is 0.475. The molecule has 0 saturated carbocycles. The van der Waals surface area contributed by atoms with Gasteiger partial charge < -0.3 is 19.9 Å². The molecule has 0 radical (unpaired) electrons. The van der Waals surface area contributed by atoms with Gasteiger partial charge in [0.05, 0.1) is 14.2 Å². The van der Waals surface area contributed by atoms with Crippen LogP contribution in [0.1, 0.15) is 36.5 Å². The highest BCUT2D eigenvalue weighted by atomic mass is 32.2. The van der Waals surface area contributed by atoms with Gasteiger partial charge in [0.15, 0.2) is 0 Å². The number of amides is 1. The van der Waals surface area contributed by atoms with Crippen LogP contribution in [0.3, 0.4) is 0 Å². The Balaban J connectivity index is 1.94. The van der Waals surface area contributed by atoms with Gasteiger partial charge >= 0.3 is 0 Å². The first-order chi connectivity index (χ1) is 14.3. The molecule has 0 bridgehead atoms. The summed E-state index contributed by atoms with van der Waals surface area (Å²) in [4.78, 5) is 12.7. The van der Waals surface area contributed by atoms with Crippen molar-refractivity contribution < 1.29 is 27.8 Å². The standard InChI is InChI=1S/C21H26N2O6S/c1-14-6-4-5-9-23(14)30(26,27)20-10-15(7-8-19(20)29-3)21(25)22-16-11-17(24)13-18(12-16)28-2/h7-8,10-14,24H,4-6,9H2,1-3H3,(H,22,25)/t14-/m1/s1. The number of benzene rings is 2. The predicted octanol–water partition coefficient (Wildman–Crippen LogP) is 3.22. The number of ether oxygens (including phenoxy) is 2. The molecule has 0 spiro atoms. The van der Waals surface area contributed by atoms with Crippen LogP contribution < -0.4 is 14.8 Å². The van der Waals surface area contributed by atoms with Gasteiger partial charge in [0.25, 0.3) is 5.91 Å². The van der Waals surface area contributed by atoms with Gasteiger partial charge in [0, 0.05) is 42.0 Å². The van der Waals surface area contributed by atoms with Crippen molar-refractivity contribution in [2.45, 2.75) is 37.1 Å². The lowest BCUT2D eigenvalue weighted by atomic mass is 10.1. The van der Waals surface area contributed by atoms with Gasteiger partial charge in [-0.2, -0.15) is 4.31 Å². The third-order valence-corrected chi connectivity index (χ3v) is 7.17. The second-order valence-electron chi connectivity index (χ2n) is 7.20. The summed E-state index contributed by atoms with van der Waals surface area (Å²) in [6.45, 7) is 2.32. The molecule has 162 valence electrons. The number of sulfonamides is 1. The fourth-order valence-electron chi connectivity index (χ4n) is 3.55. The molecule has 0 unspecified atom stereocenters. The molecule has 1 amide bonds. The van der Waals surface area contributed by atoms with E-state index in [0.29, 0.717) is 18.0 Å². The van der Waals surface area contributed by atoms with Crippen LogP contribution in [0.5, 0.6) is 17.2 Å². The third-order valence-electron chi connectivity index (χ3n) is 5.14. The zero-order valence-electron chi connectivity index (χ0n) is 17.2. The van der Waals surface area contributed by atoms with Crippen molar-refractivity contribution in [3.8, 4) is 17.2 Å². The van der Waals surface area contributed by atoms with E-state index < -0.39 is 15.9 Å². The minimum atomic E-state index is -3.83. The van der Waals surface area contributed by atoms with Crippen LogP contribution in [-0.4, -0.2) is 50.5 Å². The van der Waals surface area contributed by atoms with Gasteiger partial charge in [-0.3, -0.25) is 4.79 Å². The maximum atomic E-state index is 13.3. The summed E-state index contributed by atoms with van der Waals surface area (Å²) in [5, 5.41) is 12.4. The van der Waals surface area contributed by atoms with E-state index in [1.165, 1.54) is 48.9 Å². The smallest absolute Gasteiger partial charge is 0.255 e. The molecule has 1 atom stereocenters. The lowest BCUT2D eigenvalue weighted by molar-refractivity contribution is 0.102. The van der Waals surface area contributed by atoms with Gasteiger partial charge in [-0.1, -0.05) is 6.42 Å². The summed E-state index contributed by atoms with van der Waals surface area (Å²) >= 11 is 0. The molecular weight excluding hydrogens is 408 g/mol. The number of carbonyl (C=O) groups excluding carboxylic acids is 1. The van der Waals surface area contributed by atoms with Crippen molar-refractivity contribution in [3.63, 3.8) is 0 Å². The molecule has 1 aliphatic heterocycles. The first kappa shape index (κ1) is 21.9. The second kappa shape index (κ2) is 8.93. The van der Waals surface area contributed by atoms with Crippen LogP contribution in [0.25, 0.3) is 0 Å². The monoisotopic (exact) mass is 434 g/mol. The largest absolute Gasteiger partial charge is 0.508 e. The van der Waals surface area contributed by atoms with Gasteiger partial charge in [0.2, 0.25) is 10.0 Å². The second-order valence-corrected chi connectivity index (χ2v) is 9.06. The molecule has 2 N–H and O–H groups in total. The summed E-state index contributed by atoms with van der Waals surface area (Å²) in [6, 6.07) is 8.50. The Hall–Kier alpha value is -2.78. The molecule has 0 aliphatic carbocycles. The van der Waals surface area contributed by atoms with Crippen molar-refractivity contribution in [2.24, 2.45) is 0 Å². The van der Waals surface area contributed by atoms with E-state index in [1.807, 2.05) is 6.92 Å². The highest BCUT2D eigenvalue weighted by Crippen LogP contribution is 2.32. The van der Waals surface area contributed by atoms with Crippen LogP contribution in [0, 0.1) is 0 Å². The normalized spacial score (nSPS) is 17.4. The first-order valence-corrected chi connectivity index (χ1v) is 11.1. The first-order valence-electron chi connectivity index (χ1n) is 9.65.